The SMILES string of the molecule is CCOC(CN)CN1C(=O)C2CCCC2C1=O. The summed E-state index contributed by atoms with van der Waals surface area (Å²) in [6.45, 7) is 3.07. The molecule has 1 aliphatic carbocycles. The number of carbonyl (C=O) groups excluding carboxylic acids is 2. The fourth-order valence-electron chi connectivity index (χ4n) is 2.87. The number of nitrogens with two attached hydrogens (primary N) is 1. The van der Waals surface area contributed by atoms with Gasteiger partial charge in [-0.05, 0) is 19.8 Å². The second-order valence-corrected chi connectivity index (χ2v) is 4.74. The Morgan fingerprint density at radius 2 is 1.94 bits per heavy atom. The highest BCUT2D eigenvalue weighted by molar-refractivity contribution is 6.05. The van der Waals surface area contributed by atoms with Gasteiger partial charge in [0.1, 0.15) is 0 Å². The van der Waals surface area contributed by atoms with Gasteiger partial charge in [0, 0.05) is 13.2 Å². The first-order chi connectivity index (χ1) is 8.19. The Hall–Kier alpha value is -0.940. The molecule has 0 aromatic heterocycles. The molecule has 1 saturated carbocycles. The second-order valence-electron chi connectivity index (χ2n) is 4.74. The normalized spacial score (nSPS) is 29.9. The minimum atomic E-state index is -0.230. The summed E-state index contributed by atoms with van der Waals surface area (Å²) in [7, 11) is 0. The maximum Gasteiger partial charge on any atom is 0.233 e. The van der Waals surface area contributed by atoms with E-state index >= 15 is 0 Å². The third-order valence-electron chi connectivity index (χ3n) is 3.73. The van der Waals surface area contributed by atoms with Crippen LogP contribution in [0, 0.1) is 11.8 Å². The summed E-state index contributed by atoms with van der Waals surface area (Å²) in [5, 5.41) is 0. The van der Waals surface area contributed by atoms with Gasteiger partial charge >= 0.3 is 0 Å². The lowest BCUT2D eigenvalue weighted by Crippen LogP contribution is -2.42. The van der Waals surface area contributed by atoms with E-state index in [1.165, 1.54) is 4.90 Å². The van der Waals surface area contributed by atoms with Crippen molar-refractivity contribution in [3.05, 3.63) is 0 Å². The van der Waals surface area contributed by atoms with E-state index in [1.807, 2.05) is 6.92 Å². The lowest BCUT2D eigenvalue weighted by molar-refractivity contribution is -0.142. The predicted octanol–water partition coefficient (Wildman–Crippen LogP) is 0.135. The Kier molecular flexibility index (Phi) is 3.79. The first-order valence-electron chi connectivity index (χ1n) is 6.36. The number of rotatable bonds is 5. The summed E-state index contributed by atoms with van der Waals surface area (Å²) in [6.07, 6.45) is 2.47. The van der Waals surface area contributed by atoms with Gasteiger partial charge in [-0.25, -0.2) is 0 Å². The van der Waals surface area contributed by atoms with E-state index in [0.29, 0.717) is 19.7 Å². The van der Waals surface area contributed by atoms with Crippen molar-refractivity contribution in [2.45, 2.75) is 32.3 Å². The van der Waals surface area contributed by atoms with Crippen molar-refractivity contribution in [2.24, 2.45) is 17.6 Å². The molecule has 1 heterocycles. The van der Waals surface area contributed by atoms with E-state index in [2.05, 4.69) is 0 Å². The number of fused-ring (bicyclic) bond motifs is 1. The number of carbonyl (C=O) groups is 2. The topological polar surface area (TPSA) is 72.6 Å². The molecule has 2 amide bonds. The highest BCUT2D eigenvalue weighted by atomic mass is 16.5. The van der Waals surface area contributed by atoms with Crippen LogP contribution in [0.2, 0.25) is 0 Å². The van der Waals surface area contributed by atoms with Crippen molar-refractivity contribution < 1.29 is 14.3 Å². The molecule has 5 nitrogen and oxygen atoms in total. The quantitative estimate of drug-likeness (QED) is 0.694. The second kappa shape index (κ2) is 5.14. The number of amides is 2. The zero-order chi connectivity index (χ0) is 12.4. The van der Waals surface area contributed by atoms with Crippen molar-refractivity contribution >= 4 is 11.8 Å². The molecule has 17 heavy (non-hydrogen) atoms. The van der Waals surface area contributed by atoms with Gasteiger partial charge in [0.15, 0.2) is 0 Å². The van der Waals surface area contributed by atoms with Crippen molar-refractivity contribution in [3.8, 4) is 0 Å². The number of nitrogens with zero attached hydrogens (tertiary/aromatic N) is 1. The summed E-state index contributed by atoms with van der Waals surface area (Å²) in [5.41, 5.74) is 5.57. The van der Waals surface area contributed by atoms with Crippen LogP contribution in [0.3, 0.4) is 0 Å². The molecule has 0 radical (unpaired) electrons. The molecule has 3 unspecified atom stereocenters. The van der Waals surface area contributed by atoms with Crippen LogP contribution in [-0.2, 0) is 14.3 Å². The molecule has 2 fully saturated rings. The number of hydrogen-bond donors (Lipinski definition) is 1. The molecule has 2 N–H and O–H groups in total. The van der Waals surface area contributed by atoms with Crippen LogP contribution in [0.1, 0.15) is 26.2 Å². The maximum atomic E-state index is 12.1. The molecule has 1 aliphatic heterocycles. The van der Waals surface area contributed by atoms with Crippen molar-refractivity contribution in [1.82, 2.24) is 4.90 Å². The molecule has 2 rings (SSSR count). The van der Waals surface area contributed by atoms with Crippen LogP contribution >= 0.6 is 0 Å². The molecule has 0 bridgehead atoms. The first-order valence-corrected chi connectivity index (χ1v) is 6.36. The van der Waals surface area contributed by atoms with E-state index in [9.17, 15) is 9.59 Å². The maximum absolute atomic E-state index is 12.1. The van der Waals surface area contributed by atoms with Gasteiger partial charge < -0.3 is 10.5 Å². The number of likely N-dealkylation sites (tertiary alicyclic amines) is 1. The van der Waals surface area contributed by atoms with Crippen molar-refractivity contribution in [1.29, 1.82) is 0 Å². The van der Waals surface area contributed by atoms with Crippen LogP contribution in [0.5, 0.6) is 0 Å². The van der Waals surface area contributed by atoms with Crippen molar-refractivity contribution in [3.63, 3.8) is 0 Å². The number of imide groups is 1. The Morgan fingerprint density at radius 3 is 2.41 bits per heavy atom. The monoisotopic (exact) mass is 240 g/mol. The fraction of sp³-hybridized carbons (Fsp3) is 0.833. The standard InChI is InChI=1S/C12H20N2O3/c1-2-17-8(6-13)7-14-11(15)9-4-3-5-10(9)12(14)16/h8-10H,2-7,13H2,1H3. The van der Waals surface area contributed by atoms with Crippen LogP contribution in [0.4, 0.5) is 0 Å². The van der Waals surface area contributed by atoms with Gasteiger partial charge in [-0.3, -0.25) is 14.5 Å². The fourth-order valence-corrected chi connectivity index (χ4v) is 2.87. The molecule has 0 aromatic carbocycles. The van der Waals surface area contributed by atoms with Gasteiger partial charge in [-0.1, -0.05) is 6.42 Å². The number of hydrogen-bond acceptors (Lipinski definition) is 4. The molecule has 1 saturated heterocycles. The van der Waals surface area contributed by atoms with E-state index in [-0.39, 0.29) is 29.8 Å². The molecule has 96 valence electrons. The van der Waals surface area contributed by atoms with Crippen LogP contribution in [0.25, 0.3) is 0 Å². The van der Waals surface area contributed by atoms with E-state index < -0.39 is 0 Å². The van der Waals surface area contributed by atoms with Gasteiger partial charge in [-0.2, -0.15) is 0 Å². The Balaban J connectivity index is 2.01. The minimum absolute atomic E-state index is 0.0179. The Bertz CT molecular complexity index is 297. The summed E-state index contributed by atoms with van der Waals surface area (Å²) >= 11 is 0. The summed E-state index contributed by atoms with van der Waals surface area (Å²) < 4.78 is 5.40. The molecule has 2 aliphatic rings. The molecule has 3 atom stereocenters. The average molecular weight is 240 g/mol. The van der Waals surface area contributed by atoms with Gasteiger partial charge in [0.2, 0.25) is 11.8 Å². The Morgan fingerprint density at radius 1 is 1.35 bits per heavy atom. The molecular formula is C12H20N2O3. The molecule has 0 spiro atoms. The van der Waals surface area contributed by atoms with E-state index in [1.54, 1.807) is 0 Å². The summed E-state index contributed by atoms with van der Waals surface area (Å²) in [6, 6.07) is 0. The minimum Gasteiger partial charge on any atom is -0.375 e. The highest BCUT2D eigenvalue weighted by Gasteiger charge is 2.49. The lowest BCUT2D eigenvalue weighted by atomic mass is 10.00. The van der Waals surface area contributed by atoms with E-state index in [4.69, 9.17) is 10.5 Å². The van der Waals surface area contributed by atoms with Crippen LogP contribution in [0.15, 0.2) is 0 Å². The molecule has 0 aromatic rings. The highest BCUT2D eigenvalue weighted by Crippen LogP contribution is 2.39. The largest absolute Gasteiger partial charge is 0.375 e. The van der Waals surface area contributed by atoms with Crippen LogP contribution < -0.4 is 5.73 Å². The van der Waals surface area contributed by atoms with E-state index in [0.717, 1.165) is 19.3 Å². The predicted molar refractivity (Wildman–Crippen MR) is 62.0 cm³/mol. The number of ether oxygens (including phenoxy) is 1. The smallest absolute Gasteiger partial charge is 0.233 e. The third-order valence-corrected chi connectivity index (χ3v) is 3.73. The zero-order valence-electron chi connectivity index (χ0n) is 10.2. The average Bonchev–Trinajstić information content (AvgIpc) is 2.88. The van der Waals surface area contributed by atoms with Gasteiger partial charge in [0.25, 0.3) is 0 Å². The van der Waals surface area contributed by atoms with Gasteiger partial charge in [-0.15, -0.1) is 0 Å². The third kappa shape index (κ3) is 2.21. The first kappa shape index (κ1) is 12.5. The van der Waals surface area contributed by atoms with Gasteiger partial charge in [0.05, 0.1) is 24.5 Å². The van der Waals surface area contributed by atoms with Crippen LogP contribution in [-0.4, -0.2) is 42.5 Å². The summed E-state index contributed by atoms with van der Waals surface area (Å²) in [5.74, 6) is -0.170. The Labute approximate surface area is 101 Å². The lowest BCUT2D eigenvalue weighted by Gasteiger charge is -2.22. The summed E-state index contributed by atoms with van der Waals surface area (Å²) in [4.78, 5) is 25.5. The van der Waals surface area contributed by atoms with Crippen molar-refractivity contribution in [2.75, 3.05) is 19.7 Å². The molecular weight excluding hydrogens is 220 g/mol. The molecule has 5 heteroatoms. The zero-order valence-corrected chi connectivity index (χ0v) is 10.2.